The number of hydrogen-bond acceptors (Lipinski definition) is 2. The predicted octanol–water partition coefficient (Wildman–Crippen LogP) is 3.09. The Kier molecular flexibility index (Phi) is 3.37. The van der Waals surface area contributed by atoms with Crippen molar-refractivity contribution in [3.05, 3.63) is 17.0 Å². The van der Waals surface area contributed by atoms with Gasteiger partial charge in [-0.1, -0.05) is 41.5 Å². The summed E-state index contributed by atoms with van der Waals surface area (Å²) in [4.78, 5) is 11.5. The molecule has 1 aromatic rings. The van der Waals surface area contributed by atoms with Crippen molar-refractivity contribution in [3.63, 3.8) is 0 Å². The molecule has 0 aliphatic carbocycles. The van der Waals surface area contributed by atoms with Crippen molar-refractivity contribution in [2.24, 2.45) is 0 Å². The highest BCUT2D eigenvalue weighted by Crippen LogP contribution is 2.33. The number of aromatic amines is 1. The molecule has 0 saturated carbocycles. The number of nitrogens with zero attached hydrogens (tertiary/aromatic N) is 1. The van der Waals surface area contributed by atoms with Crippen LogP contribution in [0.25, 0.3) is 0 Å². The van der Waals surface area contributed by atoms with Gasteiger partial charge >= 0.3 is 5.97 Å². The number of hydrogen-bond donors (Lipinski definition) is 2. The van der Waals surface area contributed by atoms with Crippen LogP contribution in [0, 0.1) is 0 Å². The summed E-state index contributed by atoms with van der Waals surface area (Å²) in [6.07, 6.45) is 0.860. The summed E-state index contributed by atoms with van der Waals surface area (Å²) in [6.45, 7) is 12.0. The highest BCUT2D eigenvalue weighted by Gasteiger charge is 2.33. The van der Waals surface area contributed by atoms with E-state index in [4.69, 9.17) is 0 Å². The largest absolute Gasteiger partial charge is 0.478 e. The topological polar surface area (TPSA) is 66.0 Å². The van der Waals surface area contributed by atoms with Crippen molar-refractivity contribution in [1.82, 2.24) is 10.2 Å². The van der Waals surface area contributed by atoms with E-state index in [-0.39, 0.29) is 10.8 Å². The first-order chi connectivity index (χ1) is 7.61. The molecule has 2 N–H and O–H groups in total. The van der Waals surface area contributed by atoms with E-state index in [0.29, 0.717) is 11.3 Å². The molecule has 4 heteroatoms. The van der Waals surface area contributed by atoms with E-state index in [1.807, 2.05) is 41.5 Å². The molecule has 0 bridgehead atoms. The molecule has 1 rings (SSSR count). The van der Waals surface area contributed by atoms with Crippen LogP contribution in [0.3, 0.4) is 0 Å². The summed E-state index contributed by atoms with van der Waals surface area (Å²) >= 11 is 0. The van der Waals surface area contributed by atoms with Gasteiger partial charge in [-0.2, -0.15) is 5.10 Å². The Morgan fingerprint density at radius 1 is 1.29 bits per heavy atom. The minimum Gasteiger partial charge on any atom is -0.478 e. The van der Waals surface area contributed by atoms with Gasteiger partial charge in [-0.05, 0) is 6.42 Å². The molecule has 0 atom stereocenters. The van der Waals surface area contributed by atoms with Gasteiger partial charge in [-0.3, -0.25) is 5.10 Å². The Morgan fingerprint density at radius 2 is 1.82 bits per heavy atom. The molecule has 0 radical (unpaired) electrons. The lowest BCUT2D eigenvalue weighted by atomic mass is 9.81. The van der Waals surface area contributed by atoms with E-state index >= 15 is 0 Å². The van der Waals surface area contributed by atoms with Gasteiger partial charge in [0.05, 0.1) is 11.4 Å². The van der Waals surface area contributed by atoms with Crippen molar-refractivity contribution in [3.8, 4) is 0 Å². The molecule has 0 aromatic carbocycles. The quantitative estimate of drug-likeness (QED) is 0.850. The number of aromatic nitrogens is 2. The molecule has 17 heavy (non-hydrogen) atoms. The maximum Gasteiger partial charge on any atom is 0.339 e. The minimum atomic E-state index is -0.903. The van der Waals surface area contributed by atoms with E-state index in [2.05, 4.69) is 10.2 Å². The van der Waals surface area contributed by atoms with Crippen molar-refractivity contribution in [1.29, 1.82) is 0 Å². The maximum atomic E-state index is 11.5. The second-order valence-electron chi connectivity index (χ2n) is 6.11. The monoisotopic (exact) mass is 238 g/mol. The fraction of sp³-hybridized carbons (Fsp3) is 0.692. The summed E-state index contributed by atoms with van der Waals surface area (Å²) in [5.41, 5.74) is 1.21. The van der Waals surface area contributed by atoms with Gasteiger partial charge in [0, 0.05) is 10.8 Å². The van der Waals surface area contributed by atoms with Gasteiger partial charge in [-0.15, -0.1) is 0 Å². The van der Waals surface area contributed by atoms with Crippen LogP contribution >= 0.6 is 0 Å². The van der Waals surface area contributed by atoms with Crippen molar-refractivity contribution < 1.29 is 9.90 Å². The predicted molar refractivity (Wildman–Crippen MR) is 67.6 cm³/mol. The van der Waals surface area contributed by atoms with Crippen molar-refractivity contribution in [2.45, 2.75) is 58.8 Å². The van der Waals surface area contributed by atoms with Crippen LogP contribution in [0.4, 0.5) is 0 Å². The summed E-state index contributed by atoms with van der Waals surface area (Å²) < 4.78 is 0. The molecular formula is C13H22N2O2. The molecule has 0 amide bonds. The second kappa shape index (κ2) is 4.17. The van der Waals surface area contributed by atoms with Gasteiger partial charge in [0.25, 0.3) is 0 Å². The van der Waals surface area contributed by atoms with Gasteiger partial charge in [-0.25, -0.2) is 4.79 Å². The zero-order valence-electron chi connectivity index (χ0n) is 11.5. The SMILES string of the molecule is CCC(C)(C)c1[nH]nc(C(C)(C)C)c1C(=O)O. The Balaban J connectivity index is 3.46. The first-order valence-electron chi connectivity index (χ1n) is 5.94. The lowest BCUT2D eigenvalue weighted by molar-refractivity contribution is 0.0691. The molecule has 0 spiro atoms. The number of aromatic carboxylic acids is 1. The average molecular weight is 238 g/mol. The van der Waals surface area contributed by atoms with E-state index in [0.717, 1.165) is 12.1 Å². The first kappa shape index (κ1) is 13.7. The molecule has 0 saturated heterocycles. The Labute approximate surface area is 102 Å². The fourth-order valence-corrected chi connectivity index (χ4v) is 1.76. The van der Waals surface area contributed by atoms with Crippen LogP contribution in [0.2, 0.25) is 0 Å². The molecule has 0 fully saturated rings. The molecule has 1 aromatic heterocycles. The van der Waals surface area contributed by atoms with E-state index in [1.54, 1.807) is 0 Å². The smallest absolute Gasteiger partial charge is 0.339 e. The van der Waals surface area contributed by atoms with Crippen LogP contribution in [0.15, 0.2) is 0 Å². The molecule has 4 nitrogen and oxygen atoms in total. The van der Waals surface area contributed by atoms with Crippen LogP contribution in [-0.4, -0.2) is 21.3 Å². The van der Waals surface area contributed by atoms with Crippen molar-refractivity contribution in [2.75, 3.05) is 0 Å². The van der Waals surface area contributed by atoms with Crippen LogP contribution in [-0.2, 0) is 10.8 Å². The van der Waals surface area contributed by atoms with Gasteiger partial charge < -0.3 is 5.11 Å². The molecule has 1 heterocycles. The van der Waals surface area contributed by atoms with Gasteiger partial charge in [0.1, 0.15) is 5.56 Å². The van der Waals surface area contributed by atoms with Gasteiger partial charge in [0.2, 0.25) is 0 Å². The number of carbonyl (C=O) groups is 1. The third kappa shape index (κ3) is 2.51. The average Bonchev–Trinajstić information content (AvgIpc) is 2.61. The standard InChI is InChI=1S/C13H22N2O2/c1-7-13(5,6)10-8(11(16)17)9(14-15-10)12(2,3)4/h7H2,1-6H3,(H,14,15)(H,16,17). The van der Waals surface area contributed by atoms with Crippen LogP contribution in [0.5, 0.6) is 0 Å². The summed E-state index contributed by atoms with van der Waals surface area (Å²) in [6, 6.07) is 0. The zero-order chi connectivity index (χ0) is 13.4. The summed E-state index contributed by atoms with van der Waals surface area (Å²) in [5.74, 6) is -0.903. The molecule has 0 aliphatic heterocycles. The number of H-pyrrole nitrogens is 1. The van der Waals surface area contributed by atoms with E-state index in [1.165, 1.54) is 0 Å². The number of carboxylic acid groups (broad SMARTS) is 1. The zero-order valence-corrected chi connectivity index (χ0v) is 11.5. The third-order valence-corrected chi connectivity index (χ3v) is 3.25. The van der Waals surface area contributed by atoms with E-state index in [9.17, 15) is 9.90 Å². The third-order valence-electron chi connectivity index (χ3n) is 3.25. The highest BCUT2D eigenvalue weighted by molar-refractivity contribution is 5.91. The van der Waals surface area contributed by atoms with Crippen LogP contribution in [0.1, 0.15) is 69.7 Å². The summed E-state index contributed by atoms with van der Waals surface area (Å²) in [5, 5.41) is 16.5. The van der Waals surface area contributed by atoms with E-state index < -0.39 is 5.97 Å². The number of rotatable bonds is 3. The number of nitrogens with one attached hydrogen (secondary N) is 1. The maximum absolute atomic E-state index is 11.5. The molecule has 96 valence electrons. The normalized spacial score (nSPS) is 12.8. The Morgan fingerprint density at radius 3 is 2.18 bits per heavy atom. The minimum absolute atomic E-state index is 0.204. The lowest BCUT2D eigenvalue weighted by Crippen LogP contribution is -2.22. The fourth-order valence-electron chi connectivity index (χ4n) is 1.76. The molecular weight excluding hydrogens is 216 g/mol. The van der Waals surface area contributed by atoms with Gasteiger partial charge in [0.15, 0.2) is 0 Å². The summed E-state index contributed by atoms with van der Waals surface area (Å²) in [7, 11) is 0. The molecule has 0 unspecified atom stereocenters. The number of carboxylic acids is 1. The first-order valence-corrected chi connectivity index (χ1v) is 5.94. The van der Waals surface area contributed by atoms with Crippen LogP contribution < -0.4 is 0 Å². The van der Waals surface area contributed by atoms with Crippen molar-refractivity contribution >= 4 is 5.97 Å². The molecule has 0 aliphatic rings. The Hall–Kier alpha value is -1.32. The second-order valence-corrected chi connectivity index (χ2v) is 6.11. The lowest BCUT2D eigenvalue weighted by Gasteiger charge is -2.23. The highest BCUT2D eigenvalue weighted by atomic mass is 16.4. The Bertz CT molecular complexity index is 425.